The van der Waals surface area contributed by atoms with Crippen molar-refractivity contribution in [1.82, 2.24) is 9.38 Å². The second-order valence-corrected chi connectivity index (χ2v) is 6.46. The summed E-state index contributed by atoms with van der Waals surface area (Å²) >= 11 is 0. The number of sulfone groups is 1. The standard InChI is InChI=1S/C11H12N2O2S/c1-8-2-4-13-10-7-16(14,15)5-3-9(10)12-11(13)6-8/h2,4,6H,3,5,7H2,1H3. The van der Waals surface area contributed by atoms with Crippen LogP contribution >= 0.6 is 0 Å². The van der Waals surface area contributed by atoms with Crippen LogP contribution in [0.1, 0.15) is 17.0 Å². The van der Waals surface area contributed by atoms with E-state index in [1.807, 2.05) is 29.7 Å². The van der Waals surface area contributed by atoms with E-state index in [1.165, 1.54) is 0 Å². The molecule has 0 unspecified atom stereocenters. The highest BCUT2D eigenvalue weighted by Crippen LogP contribution is 2.22. The van der Waals surface area contributed by atoms with Gasteiger partial charge in [0.15, 0.2) is 9.84 Å². The number of pyridine rings is 1. The normalized spacial score (nSPS) is 18.6. The van der Waals surface area contributed by atoms with Crippen molar-refractivity contribution >= 4 is 15.5 Å². The van der Waals surface area contributed by atoms with Gasteiger partial charge in [-0.15, -0.1) is 0 Å². The summed E-state index contributed by atoms with van der Waals surface area (Å²) in [5, 5.41) is 0. The lowest BCUT2D eigenvalue weighted by atomic mass is 10.3. The van der Waals surface area contributed by atoms with Crippen molar-refractivity contribution in [2.24, 2.45) is 0 Å². The molecule has 5 heteroatoms. The van der Waals surface area contributed by atoms with Gasteiger partial charge in [0, 0.05) is 12.6 Å². The Balaban J connectivity index is 2.29. The summed E-state index contributed by atoms with van der Waals surface area (Å²) in [4.78, 5) is 4.48. The van der Waals surface area contributed by atoms with Gasteiger partial charge in [0.1, 0.15) is 5.65 Å². The zero-order chi connectivity index (χ0) is 11.3. The molecule has 0 atom stereocenters. The van der Waals surface area contributed by atoms with E-state index >= 15 is 0 Å². The van der Waals surface area contributed by atoms with Crippen LogP contribution in [0.15, 0.2) is 18.3 Å². The highest BCUT2D eigenvalue weighted by Gasteiger charge is 2.25. The SMILES string of the molecule is Cc1ccn2c3c(nc2c1)CCS(=O)(=O)C3. The number of hydrogen-bond donors (Lipinski definition) is 0. The van der Waals surface area contributed by atoms with Crippen molar-refractivity contribution in [1.29, 1.82) is 0 Å². The summed E-state index contributed by atoms with van der Waals surface area (Å²) in [6, 6.07) is 3.95. The molecule has 1 aliphatic rings. The summed E-state index contributed by atoms with van der Waals surface area (Å²) in [7, 11) is -2.93. The zero-order valence-corrected chi connectivity index (χ0v) is 9.79. The molecule has 0 saturated carbocycles. The Bertz CT molecular complexity index is 671. The van der Waals surface area contributed by atoms with Crippen LogP contribution in [0.2, 0.25) is 0 Å². The average molecular weight is 236 g/mol. The van der Waals surface area contributed by atoms with Gasteiger partial charge in [-0.2, -0.15) is 0 Å². The first-order valence-electron chi connectivity index (χ1n) is 5.22. The Labute approximate surface area is 93.8 Å². The highest BCUT2D eigenvalue weighted by molar-refractivity contribution is 7.90. The molecule has 0 radical (unpaired) electrons. The molecule has 0 spiro atoms. The summed E-state index contributed by atoms with van der Waals surface area (Å²) in [6.07, 6.45) is 2.44. The number of rotatable bonds is 0. The van der Waals surface area contributed by atoms with E-state index in [0.717, 1.165) is 22.6 Å². The Morgan fingerprint density at radius 3 is 3.06 bits per heavy atom. The van der Waals surface area contributed by atoms with Crippen LogP contribution in [0.3, 0.4) is 0 Å². The minimum atomic E-state index is -2.93. The Morgan fingerprint density at radius 2 is 2.25 bits per heavy atom. The molecule has 2 aromatic heterocycles. The summed E-state index contributed by atoms with van der Waals surface area (Å²) in [6.45, 7) is 2.00. The maximum absolute atomic E-state index is 11.6. The fraction of sp³-hybridized carbons (Fsp3) is 0.364. The molecule has 0 amide bonds. The van der Waals surface area contributed by atoms with Gasteiger partial charge in [0.05, 0.1) is 22.9 Å². The topological polar surface area (TPSA) is 51.4 Å². The first kappa shape index (κ1) is 9.84. The van der Waals surface area contributed by atoms with Gasteiger partial charge in [-0.3, -0.25) is 0 Å². The third-order valence-corrected chi connectivity index (χ3v) is 4.51. The van der Waals surface area contributed by atoms with Gasteiger partial charge in [-0.05, 0) is 24.6 Å². The molecule has 0 N–H and O–H groups in total. The highest BCUT2D eigenvalue weighted by atomic mass is 32.2. The molecule has 0 fully saturated rings. The lowest BCUT2D eigenvalue weighted by molar-refractivity contribution is 0.590. The van der Waals surface area contributed by atoms with E-state index in [4.69, 9.17) is 0 Å². The molecule has 3 heterocycles. The third kappa shape index (κ3) is 1.43. The van der Waals surface area contributed by atoms with Crippen molar-refractivity contribution in [2.45, 2.75) is 19.1 Å². The minimum Gasteiger partial charge on any atom is -0.303 e. The predicted molar refractivity (Wildman–Crippen MR) is 61.1 cm³/mol. The number of hydrogen-bond acceptors (Lipinski definition) is 3. The lowest BCUT2D eigenvalue weighted by Gasteiger charge is -2.11. The first-order valence-corrected chi connectivity index (χ1v) is 7.04. The van der Waals surface area contributed by atoms with E-state index < -0.39 is 9.84 Å². The molecule has 3 rings (SSSR count). The maximum atomic E-state index is 11.6. The molecule has 4 nitrogen and oxygen atoms in total. The van der Waals surface area contributed by atoms with Crippen LogP contribution in [0, 0.1) is 6.92 Å². The second-order valence-electron chi connectivity index (χ2n) is 4.28. The number of imidazole rings is 1. The summed E-state index contributed by atoms with van der Waals surface area (Å²) in [5.41, 5.74) is 3.75. The molecule has 0 aromatic carbocycles. The largest absolute Gasteiger partial charge is 0.303 e. The molecule has 0 bridgehead atoms. The summed E-state index contributed by atoms with van der Waals surface area (Å²) in [5.74, 6) is 0.343. The van der Waals surface area contributed by atoms with Crippen LogP contribution in [0.25, 0.3) is 5.65 Å². The van der Waals surface area contributed by atoms with E-state index in [9.17, 15) is 8.42 Å². The molecule has 84 valence electrons. The lowest BCUT2D eigenvalue weighted by Crippen LogP contribution is -2.19. The van der Waals surface area contributed by atoms with Crippen molar-refractivity contribution in [3.8, 4) is 0 Å². The van der Waals surface area contributed by atoms with Crippen LogP contribution in [-0.2, 0) is 22.0 Å². The Hall–Kier alpha value is -1.36. The third-order valence-electron chi connectivity index (χ3n) is 2.97. The van der Waals surface area contributed by atoms with Gasteiger partial charge >= 0.3 is 0 Å². The van der Waals surface area contributed by atoms with Gasteiger partial charge in [0.25, 0.3) is 0 Å². The van der Waals surface area contributed by atoms with Crippen LogP contribution in [0.5, 0.6) is 0 Å². The Kier molecular flexibility index (Phi) is 1.89. The van der Waals surface area contributed by atoms with E-state index in [1.54, 1.807) is 0 Å². The molecular weight excluding hydrogens is 224 g/mol. The fourth-order valence-corrected chi connectivity index (χ4v) is 3.50. The van der Waals surface area contributed by atoms with Gasteiger partial charge < -0.3 is 4.40 Å². The fourth-order valence-electron chi connectivity index (χ4n) is 2.13. The minimum absolute atomic E-state index is 0.118. The van der Waals surface area contributed by atoms with Crippen molar-refractivity contribution in [3.05, 3.63) is 35.3 Å². The van der Waals surface area contributed by atoms with Crippen molar-refractivity contribution in [3.63, 3.8) is 0 Å². The maximum Gasteiger partial charge on any atom is 0.156 e. The van der Waals surface area contributed by atoms with Crippen LogP contribution < -0.4 is 0 Å². The van der Waals surface area contributed by atoms with E-state index in [-0.39, 0.29) is 11.5 Å². The Morgan fingerprint density at radius 1 is 1.44 bits per heavy atom. The average Bonchev–Trinajstić information content (AvgIpc) is 2.53. The number of aromatic nitrogens is 2. The van der Waals surface area contributed by atoms with E-state index in [0.29, 0.717) is 6.42 Å². The monoisotopic (exact) mass is 236 g/mol. The van der Waals surface area contributed by atoms with Gasteiger partial charge in [-0.25, -0.2) is 13.4 Å². The molecule has 1 aliphatic heterocycles. The predicted octanol–water partition coefficient (Wildman–Crippen LogP) is 1.11. The van der Waals surface area contributed by atoms with Crippen molar-refractivity contribution < 1.29 is 8.42 Å². The number of fused-ring (bicyclic) bond motifs is 3. The first-order chi connectivity index (χ1) is 7.55. The smallest absolute Gasteiger partial charge is 0.156 e. The summed E-state index contributed by atoms with van der Waals surface area (Å²) < 4.78 is 25.0. The van der Waals surface area contributed by atoms with Crippen molar-refractivity contribution in [2.75, 3.05) is 5.75 Å². The molecule has 0 saturated heterocycles. The van der Waals surface area contributed by atoms with Crippen LogP contribution in [0.4, 0.5) is 0 Å². The quantitative estimate of drug-likeness (QED) is 0.688. The van der Waals surface area contributed by atoms with Gasteiger partial charge in [-0.1, -0.05) is 0 Å². The van der Waals surface area contributed by atoms with E-state index in [2.05, 4.69) is 4.98 Å². The zero-order valence-electron chi connectivity index (χ0n) is 8.97. The van der Waals surface area contributed by atoms with Gasteiger partial charge in [0.2, 0.25) is 0 Å². The molecule has 16 heavy (non-hydrogen) atoms. The molecular formula is C11H12N2O2S. The second kappa shape index (κ2) is 3.07. The molecule has 2 aromatic rings. The molecule has 0 aliphatic carbocycles. The number of nitrogens with zero attached hydrogens (tertiary/aromatic N) is 2. The van der Waals surface area contributed by atoms with Crippen LogP contribution in [-0.4, -0.2) is 23.6 Å². The number of aryl methyl sites for hydroxylation is 2.